The van der Waals surface area contributed by atoms with Crippen LogP contribution in [0.1, 0.15) is 33.2 Å². The van der Waals surface area contributed by atoms with Gasteiger partial charge in [0.1, 0.15) is 0 Å². The van der Waals surface area contributed by atoms with Crippen LogP contribution in [-0.4, -0.2) is 11.7 Å². The second-order valence-electron chi connectivity index (χ2n) is 5.85. The van der Waals surface area contributed by atoms with Crippen LogP contribution in [0.25, 0.3) is 11.1 Å². The summed E-state index contributed by atoms with van der Waals surface area (Å²) >= 11 is 0. The van der Waals surface area contributed by atoms with E-state index in [1.54, 1.807) is 42.5 Å². The highest BCUT2D eigenvalue weighted by molar-refractivity contribution is 6.08. The Hall–Kier alpha value is -3.64. The van der Waals surface area contributed by atoms with Crippen molar-refractivity contribution in [2.45, 2.75) is 6.92 Å². The lowest BCUT2D eigenvalue weighted by Gasteiger charge is -2.11. The van der Waals surface area contributed by atoms with Gasteiger partial charge in [0.25, 0.3) is 5.91 Å². The molecule has 126 valence electrons. The van der Waals surface area contributed by atoms with E-state index >= 15 is 0 Å². The molecule has 0 saturated heterocycles. The summed E-state index contributed by atoms with van der Waals surface area (Å²) in [7, 11) is 0. The summed E-state index contributed by atoms with van der Waals surface area (Å²) in [4.78, 5) is 24.2. The fourth-order valence-electron chi connectivity index (χ4n) is 2.67. The van der Waals surface area contributed by atoms with Gasteiger partial charge in [-0.2, -0.15) is 0 Å². The Morgan fingerprint density at radius 2 is 1.54 bits per heavy atom. The fourth-order valence-corrected chi connectivity index (χ4v) is 2.67. The van der Waals surface area contributed by atoms with Gasteiger partial charge in [0.2, 0.25) is 0 Å². The number of carbonyl (C=O) groups is 2. The van der Waals surface area contributed by atoms with E-state index in [-0.39, 0.29) is 11.7 Å². The Balaban J connectivity index is 1.89. The lowest BCUT2D eigenvalue weighted by atomic mass is 9.97. The van der Waals surface area contributed by atoms with Crippen molar-refractivity contribution < 1.29 is 9.59 Å². The topological polar surface area (TPSA) is 46.2 Å². The van der Waals surface area contributed by atoms with E-state index < -0.39 is 0 Å². The largest absolute Gasteiger partial charge is 0.322 e. The standard InChI is InChI=1S/C23H17NO2/c1-3-17-8-14-20(15-9-17)24-23(26)22-7-5-4-6-21(22)19-12-10-18(11-13-19)16(2)25/h1,4-15H,2H3,(H,24,26). The van der Waals surface area contributed by atoms with Crippen molar-refractivity contribution in [1.29, 1.82) is 0 Å². The van der Waals surface area contributed by atoms with E-state index in [0.29, 0.717) is 16.8 Å². The molecule has 0 aliphatic heterocycles. The molecule has 3 rings (SSSR count). The number of hydrogen-bond acceptors (Lipinski definition) is 2. The summed E-state index contributed by atoms with van der Waals surface area (Å²) in [5, 5.41) is 2.89. The molecule has 0 spiro atoms. The fraction of sp³-hybridized carbons (Fsp3) is 0.0435. The molecule has 1 N–H and O–H groups in total. The molecule has 1 amide bonds. The van der Waals surface area contributed by atoms with E-state index in [9.17, 15) is 9.59 Å². The Morgan fingerprint density at radius 3 is 2.15 bits per heavy atom. The lowest BCUT2D eigenvalue weighted by molar-refractivity contribution is 0.101. The lowest BCUT2D eigenvalue weighted by Crippen LogP contribution is -2.13. The number of ketones is 1. The van der Waals surface area contributed by atoms with E-state index in [1.165, 1.54) is 6.92 Å². The molecule has 3 aromatic carbocycles. The maximum atomic E-state index is 12.7. The van der Waals surface area contributed by atoms with Gasteiger partial charge in [0, 0.05) is 22.4 Å². The zero-order valence-corrected chi connectivity index (χ0v) is 14.3. The van der Waals surface area contributed by atoms with Crippen molar-refractivity contribution in [3.63, 3.8) is 0 Å². The van der Waals surface area contributed by atoms with Crippen molar-refractivity contribution >= 4 is 17.4 Å². The predicted molar refractivity (Wildman–Crippen MR) is 104 cm³/mol. The highest BCUT2D eigenvalue weighted by atomic mass is 16.1. The second-order valence-corrected chi connectivity index (χ2v) is 5.85. The molecular weight excluding hydrogens is 322 g/mol. The summed E-state index contributed by atoms with van der Waals surface area (Å²) in [6, 6.07) is 21.7. The second kappa shape index (κ2) is 7.50. The van der Waals surface area contributed by atoms with Gasteiger partial charge < -0.3 is 5.32 Å². The van der Waals surface area contributed by atoms with Crippen molar-refractivity contribution in [3.8, 4) is 23.5 Å². The van der Waals surface area contributed by atoms with Gasteiger partial charge in [-0.3, -0.25) is 9.59 Å². The van der Waals surface area contributed by atoms with Gasteiger partial charge >= 0.3 is 0 Å². The van der Waals surface area contributed by atoms with E-state index in [4.69, 9.17) is 6.42 Å². The highest BCUT2D eigenvalue weighted by Crippen LogP contribution is 2.25. The van der Waals surface area contributed by atoms with Gasteiger partial charge in [-0.15, -0.1) is 6.42 Å². The predicted octanol–water partition coefficient (Wildman–Crippen LogP) is 4.79. The maximum Gasteiger partial charge on any atom is 0.256 e. The minimum absolute atomic E-state index is 0.0120. The number of carbonyl (C=O) groups excluding carboxylic acids is 2. The number of benzene rings is 3. The van der Waals surface area contributed by atoms with Gasteiger partial charge in [0.05, 0.1) is 0 Å². The first-order valence-corrected chi connectivity index (χ1v) is 8.17. The van der Waals surface area contributed by atoms with Crippen LogP contribution in [0.3, 0.4) is 0 Å². The molecule has 0 heterocycles. The zero-order chi connectivity index (χ0) is 18.5. The Morgan fingerprint density at radius 1 is 0.885 bits per heavy atom. The average molecular weight is 339 g/mol. The van der Waals surface area contributed by atoms with Crippen molar-refractivity contribution in [2.24, 2.45) is 0 Å². The molecule has 0 saturated carbocycles. The molecule has 0 bridgehead atoms. The maximum absolute atomic E-state index is 12.7. The zero-order valence-electron chi connectivity index (χ0n) is 14.3. The minimum atomic E-state index is -0.204. The minimum Gasteiger partial charge on any atom is -0.322 e. The molecule has 0 fully saturated rings. The molecule has 3 aromatic rings. The molecule has 0 unspecified atom stereocenters. The van der Waals surface area contributed by atoms with Crippen molar-refractivity contribution in [1.82, 2.24) is 0 Å². The van der Waals surface area contributed by atoms with Gasteiger partial charge in [-0.1, -0.05) is 48.4 Å². The molecule has 3 nitrogen and oxygen atoms in total. The van der Waals surface area contributed by atoms with Crippen LogP contribution in [0.2, 0.25) is 0 Å². The summed E-state index contributed by atoms with van der Waals surface area (Å²) in [5.74, 6) is 2.35. The number of Topliss-reactive ketones (excluding diaryl/α,β-unsaturated/α-hetero) is 1. The van der Waals surface area contributed by atoms with Crippen LogP contribution in [0.4, 0.5) is 5.69 Å². The molecule has 0 atom stereocenters. The number of nitrogens with one attached hydrogen (secondary N) is 1. The summed E-state index contributed by atoms with van der Waals surface area (Å²) in [5.41, 5.74) is 4.32. The monoisotopic (exact) mass is 339 g/mol. The third kappa shape index (κ3) is 3.71. The molecule has 0 radical (unpaired) electrons. The molecular formula is C23H17NO2. The van der Waals surface area contributed by atoms with Crippen LogP contribution in [0.15, 0.2) is 72.8 Å². The number of hydrogen-bond donors (Lipinski definition) is 1. The first kappa shape index (κ1) is 17.2. The third-order valence-electron chi connectivity index (χ3n) is 4.08. The highest BCUT2D eigenvalue weighted by Gasteiger charge is 2.13. The number of terminal acetylenes is 1. The third-order valence-corrected chi connectivity index (χ3v) is 4.08. The summed E-state index contributed by atoms with van der Waals surface area (Å²) in [6.07, 6.45) is 5.35. The molecule has 0 aliphatic rings. The van der Waals surface area contributed by atoms with Crippen LogP contribution >= 0.6 is 0 Å². The van der Waals surface area contributed by atoms with Crippen molar-refractivity contribution in [2.75, 3.05) is 5.32 Å². The molecule has 26 heavy (non-hydrogen) atoms. The molecule has 0 aliphatic carbocycles. The summed E-state index contributed by atoms with van der Waals surface area (Å²) in [6.45, 7) is 1.53. The SMILES string of the molecule is C#Cc1ccc(NC(=O)c2ccccc2-c2ccc(C(C)=O)cc2)cc1. The van der Waals surface area contributed by atoms with Gasteiger partial charge in [-0.05, 0) is 48.4 Å². The first-order valence-electron chi connectivity index (χ1n) is 8.17. The van der Waals surface area contributed by atoms with Crippen LogP contribution in [-0.2, 0) is 0 Å². The van der Waals surface area contributed by atoms with Gasteiger partial charge in [0.15, 0.2) is 5.78 Å². The number of rotatable bonds is 4. The normalized spacial score (nSPS) is 10.0. The van der Waals surface area contributed by atoms with Gasteiger partial charge in [-0.25, -0.2) is 0 Å². The van der Waals surface area contributed by atoms with E-state index in [0.717, 1.165) is 16.7 Å². The van der Waals surface area contributed by atoms with Crippen LogP contribution in [0, 0.1) is 12.3 Å². The van der Waals surface area contributed by atoms with E-state index in [1.807, 2.05) is 30.3 Å². The van der Waals surface area contributed by atoms with Crippen LogP contribution < -0.4 is 5.32 Å². The molecule has 0 aromatic heterocycles. The number of amides is 1. The molecule has 3 heteroatoms. The van der Waals surface area contributed by atoms with Crippen molar-refractivity contribution in [3.05, 3.63) is 89.5 Å². The smallest absolute Gasteiger partial charge is 0.256 e. The Labute approximate surface area is 152 Å². The summed E-state index contributed by atoms with van der Waals surface area (Å²) < 4.78 is 0. The Kier molecular flexibility index (Phi) is 4.96. The quantitative estimate of drug-likeness (QED) is 0.549. The first-order chi connectivity index (χ1) is 12.6. The Bertz CT molecular complexity index is 994. The van der Waals surface area contributed by atoms with Crippen LogP contribution in [0.5, 0.6) is 0 Å². The van der Waals surface area contributed by atoms with E-state index in [2.05, 4.69) is 11.2 Å². The average Bonchev–Trinajstić information content (AvgIpc) is 2.68. The number of anilines is 1.